The maximum absolute atomic E-state index is 13.5. The van der Waals surface area contributed by atoms with E-state index in [1.165, 1.54) is 205 Å². The highest BCUT2D eigenvalue weighted by Crippen LogP contribution is 2.33. The second-order valence-corrected chi connectivity index (χ2v) is 31.3. The molecular formula is C93H161NO18. The van der Waals surface area contributed by atoms with Crippen molar-refractivity contribution in [2.45, 2.75) is 433 Å². The van der Waals surface area contributed by atoms with E-state index in [9.17, 15) is 61.0 Å². The lowest BCUT2D eigenvalue weighted by Gasteiger charge is -2.48. The lowest BCUT2D eigenvalue weighted by molar-refractivity contribution is -0.379. The molecule has 0 aromatic carbocycles. The summed E-state index contributed by atoms with van der Waals surface area (Å²) in [6.45, 7) is 1.64. The lowest BCUT2D eigenvalue weighted by atomic mass is 9.96. The van der Waals surface area contributed by atoms with E-state index in [0.29, 0.717) is 12.8 Å². The van der Waals surface area contributed by atoms with Gasteiger partial charge in [0.15, 0.2) is 18.9 Å². The Bertz CT molecular complexity index is 2500. The molecule has 12 N–H and O–H groups in total. The van der Waals surface area contributed by atoms with Crippen molar-refractivity contribution >= 4 is 5.91 Å². The van der Waals surface area contributed by atoms with Gasteiger partial charge in [0.1, 0.15) is 73.2 Å². The molecule has 3 rings (SSSR count). The average Bonchev–Trinajstić information content (AvgIpc) is 0.781. The SMILES string of the molecule is CC/C=C\C/C=C\C/C=C\C/C=C\C/C=C\C/C=C\C/C=C\C/C=C\CCCCCCCCCCCCCCCCCCC(=O)NC(COC1OC(CO)C(OC2OC(CO)C(OC3OC(CO)C(O)C(O)C3O)C(O)C2O)C(O)C1O)C(O)/C=C/CC/C=C/CCCCCCCCCCCCCCCCCCCCCC. The third-order valence-electron chi connectivity index (χ3n) is 21.5. The van der Waals surface area contributed by atoms with Crippen LogP contribution < -0.4 is 5.32 Å². The molecule has 112 heavy (non-hydrogen) atoms. The van der Waals surface area contributed by atoms with E-state index in [-0.39, 0.29) is 18.9 Å². The minimum atomic E-state index is -1.99. The van der Waals surface area contributed by atoms with E-state index in [2.05, 4.69) is 129 Å². The topological polar surface area (TPSA) is 307 Å². The van der Waals surface area contributed by atoms with Crippen LogP contribution in [0, 0.1) is 0 Å². The Labute approximate surface area is 678 Å². The largest absolute Gasteiger partial charge is 0.394 e. The van der Waals surface area contributed by atoms with Gasteiger partial charge in [-0.2, -0.15) is 0 Å². The molecule has 3 heterocycles. The normalized spacial score (nSPS) is 25.5. The molecule has 0 spiro atoms. The Hall–Kier alpha value is -3.81. The van der Waals surface area contributed by atoms with Gasteiger partial charge in [-0.05, 0) is 96.3 Å². The van der Waals surface area contributed by atoms with Crippen molar-refractivity contribution < 1.29 is 89.4 Å². The molecule has 19 nitrogen and oxygen atoms in total. The Balaban J connectivity index is 1.32. The van der Waals surface area contributed by atoms with Gasteiger partial charge in [0.05, 0.1) is 38.6 Å². The summed E-state index contributed by atoms with van der Waals surface area (Å²) in [4.78, 5) is 13.5. The molecule has 1 amide bonds. The maximum Gasteiger partial charge on any atom is 0.220 e. The number of nitrogens with one attached hydrogen (secondary N) is 1. The number of hydrogen-bond acceptors (Lipinski definition) is 18. The van der Waals surface area contributed by atoms with Crippen LogP contribution >= 0.6 is 0 Å². The van der Waals surface area contributed by atoms with Crippen LogP contribution in [0.5, 0.6) is 0 Å². The summed E-state index contributed by atoms with van der Waals surface area (Å²) < 4.78 is 34.5. The van der Waals surface area contributed by atoms with E-state index >= 15 is 0 Å². The maximum atomic E-state index is 13.5. The minimum absolute atomic E-state index is 0.231. The molecule has 3 aliphatic heterocycles. The third-order valence-corrected chi connectivity index (χ3v) is 21.5. The fourth-order valence-corrected chi connectivity index (χ4v) is 14.4. The zero-order chi connectivity index (χ0) is 81.0. The van der Waals surface area contributed by atoms with E-state index in [1.807, 2.05) is 6.08 Å². The molecule has 17 atom stereocenters. The van der Waals surface area contributed by atoms with E-state index in [0.717, 1.165) is 89.9 Å². The summed E-state index contributed by atoms with van der Waals surface area (Å²) in [5, 5.41) is 121. The summed E-state index contributed by atoms with van der Waals surface area (Å²) in [5.74, 6) is -0.285. The molecule has 19 heteroatoms. The van der Waals surface area contributed by atoms with Gasteiger partial charge in [0, 0.05) is 6.42 Å². The van der Waals surface area contributed by atoms with Crippen LogP contribution in [0.2, 0.25) is 0 Å². The van der Waals surface area contributed by atoms with Gasteiger partial charge in [-0.3, -0.25) is 4.79 Å². The summed E-state index contributed by atoms with van der Waals surface area (Å²) >= 11 is 0. The Morgan fingerprint density at radius 1 is 0.330 bits per heavy atom. The zero-order valence-electron chi connectivity index (χ0n) is 69.6. The van der Waals surface area contributed by atoms with Crippen molar-refractivity contribution in [3.63, 3.8) is 0 Å². The van der Waals surface area contributed by atoms with Crippen LogP contribution in [-0.4, -0.2) is 193 Å². The molecule has 646 valence electrons. The molecule has 3 saturated heterocycles. The standard InChI is InChI=1S/C93H161NO18/c1-3-5-7-9-11-13-15-17-19-21-23-25-27-29-31-32-33-34-35-36-37-38-39-40-41-42-43-44-45-47-49-51-53-55-57-59-61-63-65-67-69-71-81(99)94-76(77(98)70-68-66-64-62-60-58-56-54-52-50-48-46-30-28-26-24-22-20-18-16-14-12-10-8-6-4-2)75-107-91-87(105)84(102)89(79(73-96)109-91)112-93-88(106)85(103)90(80(74-97)110-93)111-92-86(104)83(101)82(100)78(72-95)108-92/h5,7,11,13,17,19,23,25,29,31,33-34,36-37,39-40,60,62,68,70,76-80,82-93,95-98,100-106H,3-4,6,8-10,12,14-16,18,20-22,24,26-28,30,32,35,38,41-59,61,63-67,69,71-75H2,1-2H3,(H,94,99)/b7-5-,13-11-,19-17-,25-23-,31-29-,34-33-,37-36-,40-39-,62-60+,70-68+. The summed E-state index contributed by atoms with van der Waals surface area (Å²) in [6, 6.07) is -0.998. The highest BCUT2D eigenvalue weighted by Gasteiger charge is 2.54. The summed E-state index contributed by atoms with van der Waals surface area (Å²) in [6.07, 6.45) is 74.9. The summed E-state index contributed by atoms with van der Waals surface area (Å²) in [7, 11) is 0. The van der Waals surface area contributed by atoms with Gasteiger partial charge in [0.25, 0.3) is 0 Å². The van der Waals surface area contributed by atoms with Crippen LogP contribution in [-0.2, 0) is 33.2 Å². The van der Waals surface area contributed by atoms with Crippen molar-refractivity contribution in [1.82, 2.24) is 5.32 Å². The van der Waals surface area contributed by atoms with Crippen molar-refractivity contribution in [3.8, 4) is 0 Å². The molecule has 0 aliphatic carbocycles. The molecule has 3 fully saturated rings. The van der Waals surface area contributed by atoms with Gasteiger partial charge in [-0.1, -0.05) is 347 Å². The molecule has 0 aromatic rings. The number of unbranched alkanes of at least 4 members (excludes halogenated alkanes) is 37. The molecule has 0 aromatic heterocycles. The Morgan fingerprint density at radius 3 is 1.00 bits per heavy atom. The highest BCUT2D eigenvalue weighted by molar-refractivity contribution is 5.76. The monoisotopic (exact) mass is 1580 g/mol. The van der Waals surface area contributed by atoms with Gasteiger partial charge in [-0.15, -0.1) is 0 Å². The fraction of sp³-hybridized carbons (Fsp3) is 0.774. The second kappa shape index (κ2) is 71.3. The first-order valence-corrected chi connectivity index (χ1v) is 44.8. The molecular weight excluding hydrogens is 1420 g/mol. The van der Waals surface area contributed by atoms with Crippen LogP contribution in [0.3, 0.4) is 0 Å². The number of hydrogen-bond donors (Lipinski definition) is 12. The Morgan fingerprint density at radius 2 is 0.625 bits per heavy atom. The van der Waals surface area contributed by atoms with E-state index < -0.39 is 124 Å². The quantitative estimate of drug-likeness (QED) is 0.0199. The average molecular weight is 1580 g/mol. The fourth-order valence-electron chi connectivity index (χ4n) is 14.4. The first-order valence-electron chi connectivity index (χ1n) is 44.8. The summed E-state index contributed by atoms with van der Waals surface area (Å²) in [5.41, 5.74) is 0. The molecule has 0 saturated carbocycles. The van der Waals surface area contributed by atoms with Gasteiger partial charge in [-0.25, -0.2) is 0 Å². The van der Waals surface area contributed by atoms with Crippen LogP contribution in [0.15, 0.2) is 122 Å². The smallest absolute Gasteiger partial charge is 0.220 e. The predicted molar refractivity (Wildman–Crippen MR) is 452 cm³/mol. The van der Waals surface area contributed by atoms with E-state index in [4.69, 9.17) is 28.4 Å². The number of rotatable bonds is 71. The minimum Gasteiger partial charge on any atom is -0.394 e. The van der Waals surface area contributed by atoms with Crippen molar-refractivity contribution in [2.24, 2.45) is 0 Å². The van der Waals surface area contributed by atoms with Crippen molar-refractivity contribution in [2.75, 3.05) is 26.4 Å². The molecule has 3 aliphatic rings. The zero-order valence-corrected chi connectivity index (χ0v) is 69.6. The number of allylic oxidation sites excluding steroid dienone is 19. The Kier molecular flexibility index (Phi) is 65.2. The third kappa shape index (κ3) is 49.4. The first kappa shape index (κ1) is 102. The highest BCUT2D eigenvalue weighted by atomic mass is 16.8. The molecule has 0 radical (unpaired) electrons. The van der Waals surface area contributed by atoms with Crippen molar-refractivity contribution in [3.05, 3.63) is 122 Å². The first-order chi connectivity index (χ1) is 54.8. The number of aliphatic hydroxyl groups excluding tert-OH is 11. The van der Waals surface area contributed by atoms with Gasteiger partial charge < -0.3 is 89.9 Å². The molecule has 17 unspecified atom stereocenters. The number of ether oxygens (including phenoxy) is 6. The number of carbonyl (C=O) groups is 1. The molecule has 0 bridgehead atoms. The van der Waals surface area contributed by atoms with Crippen LogP contribution in [0.1, 0.15) is 328 Å². The predicted octanol–water partition coefficient (Wildman–Crippen LogP) is 17.0. The van der Waals surface area contributed by atoms with Crippen LogP contribution in [0.25, 0.3) is 0 Å². The van der Waals surface area contributed by atoms with Crippen molar-refractivity contribution in [1.29, 1.82) is 0 Å². The van der Waals surface area contributed by atoms with Gasteiger partial charge >= 0.3 is 0 Å². The van der Waals surface area contributed by atoms with E-state index in [1.54, 1.807) is 6.08 Å². The van der Waals surface area contributed by atoms with Crippen LogP contribution in [0.4, 0.5) is 0 Å². The lowest BCUT2D eigenvalue weighted by Crippen LogP contribution is -2.66. The second-order valence-electron chi connectivity index (χ2n) is 31.3. The number of aliphatic hydroxyl groups is 11. The number of carbonyl (C=O) groups excluding carboxylic acids is 1. The number of amides is 1. The van der Waals surface area contributed by atoms with Gasteiger partial charge in [0.2, 0.25) is 5.91 Å².